The molecule has 1 aromatic carbocycles. The van der Waals surface area contributed by atoms with Gasteiger partial charge in [0.1, 0.15) is 0 Å². The van der Waals surface area contributed by atoms with Crippen LogP contribution in [0.25, 0.3) is 0 Å². The van der Waals surface area contributed by atoms with Crippen LogP contribution in [0.2, 0.25) is 0 Å². The Bertz CT molecular complexity index is 724. The van der Waals surface area contributed by atoms with E-state index in [-0.39, 0.29) is 17.3 Å². The zero-order valence-electron chi connectivity index (χ0n) is 19.0. The normalized spacial score (nSPS) is 30.0. The highest BCUT2D eigenvalue weighted by molar-refractivity contribution is 5.76. The van der Waals surface area contributed by atoms with Gasteiger partial charge in [-0.1, -0.05) is 73.1 Å². The summed E-state index contributed by atoms with van der Waals surface area (Å²) in [6, 6.07) is 7.03. The number of aliphatic carboxylic acids is 1. The highest BCUT2D eigenvalue weighted by Crippen LogP contribution is 2.62. The molecule has 28 heavy (non-hydrogen) atoms. The van der Waals surface area contributed by atoms with Gasteiger partial charge in [0.15, 0.2) is 0 Å². The molecular weight excluding hydrogens is 344 g/mol. The number of hydrogen-bond donors (Lipinski definition) is 1. The molecule has 1 saturated carbocycles. The van der Waals surface area contributed by atoms with Crippen LogP contribution in [0.4, 0.5) is 0 Å². The predicted molar refractivity (Wildman–Crippen MR) is 117 cm³/mol. The lowest BCUT2D eigenvalue weighted by molar-refractivity contribution is -0.172. The molecule has 0 bridgehead atoms. The molecule has 0 radical (unpaired) electrons. The Kier molecular flexibility index (Phi) is 5.73. The fourth-order valence-corrected chi connectivity index (χ4v) is 7.36. The molecule has 0 aliphatic heterocycles. The van der Waals surface area contributed by atoms with Crippen LogP contribution >= 0.6 is 0 Å². The second kappa shape index (κ2) is 7.50. The molecule has 2 aliphatic rings. The highest BCUT2D eigenvalue weighted by Gasteiger charge is 2.61. The van der Waals surface area contributed by atoms with Gasteiger partial charge in [-0.25, -0.2) is 0 Å². The molecule has 0 aromatic heterocycles. The number of fused-ring (bicyclic) bond motifs is 3. The van der Waals surface area contributed by atoms with Crippen molar-refractivity contribution in [2.45, 2.75) is 91.9 Å². The number of aryl methyl sites for hydroxylation is 1. The van der Waals surface area contributed by atoms with E-state index in [9.17, 15) is 9.90 Å². The number of benzene rings is 1. The summed E-state index contributed by atoms with van der Waals surface area (Å²) in [4.78, 5) is 13.0. The van der Waals surface area contributed by atoms with E-state index in [4.69, 9.17) is 0 Å². The van der Waals surface area contributed by atoms with Crippen LogP contribution < -0.4 is 0 Å². The zero-order chi connectivity index (χ0) is 20.9. The van der Waals surface area contributed by atoms with Crippen LogP contribution in [0, 0.1) is 29.1 Å². The Hall–Kier alpha value is -1.31. The number of rotatable bonds is 5. The Labute approximate surface area is 172 Å². The van der Waals surface area contributed by atoms with Gasteiger partial charge in [-0.3, -0.25) is 4.79 Å². The number of carboxylic acids is 1. The minimum atomic E-state index is -0.607. The standard InChI is InChI=1S/C26H40O2/c1-16(2)19-9-11-21-20(15-19)10-12-22-25(21,7)13-8-14-26(22,24(27)28)23(17(3)4)18(5)6/h9,11,15-18,22-23H,8,10,12-14H2,1-7H3,(H,27,28)/t22-,25-,26+/m1/s1. The first-order valence-corrected chi connectivity index (χ1v) is 11.4. The molecule has 2 heteroatoms. The lowest BCUT2D eigenvalue weighted by Gasteiger charge is -2.58. The van der Waals surface area contributed by atoms with E-state index < -0.39 is 11.4 Å². The van der Waals surface area contributed by atoms with Gasteiger partial charge in [-0.2, -0.15) is 0 Å². The summed E-state index contributed by atoms with van der Waals surface area (Å²) in [5.74, 6) is 1.18. The molecule has 0 spiro atoms. The fraction of sp³-hybridized carbons (Fsp3) is 0.731. The van der Waals surface area contributed by atoms with E-state index in [1.54, 1.807) is 0 Å². The third kappa shape index (κ3) is 3.12. The summed E-state index contributed by atoms with van der Waals surface area (Å²) in [6.07, 6.45) is 4.99. The molecule has 0 saturated heterocycles. The largest absolute Gasteiger partial charge is 0.481 e. The van der Waals surface area contributed by atoms with Gasteiger partial charge >= 0.3 is 5.97 Å². The molecule has 1 N–H and O–H groups in total. The Morgan fingerprint density at radius 1 is 1.07 bits per heavy atom. The van der Waals surface area contributed by atoms with E-state index in [1.807, 2.05) is 0 Å². The maximum absolute atomic E-state index is 13.0. The topological polar surface area (TPSA) is 37.3 Å². The monoisotopic (exact) mass is 384 g/mol. The van der Waals surface area contributed by atoms with Crippen molar-refractivity contribution < 1.29 is 9.90 Å². The highest BCUT2D eigenvalue weighted by atomic mass is 16.4. The average molecular weight is 385 g/mol. The Morgan fingerprint density at radius 2 is 1.71 bits per heavy atom. The van der Waals surface area contributed by atoms with E-state index in [0.29, 0.717) is 17.8 Å². The number of hydrogen-bond acceptors (Lipinski definition) is 1. The van der Waals surface area contributed by atoms with Crippen molar-refractivity contribution in [3.63, 3.8) is 0 Å². The van der Waals surface area contributed by atoms with E-state index in [0.717, 1.165) is 32.1 Å². The second-order valence-electron chi connectivity index (χ2n) is 10.8. The molecule has 0 heterocycles. The lowest BCUT2D eigenvalue weighted by Crippen LogP contribution is -2.58. The van der Waals surface area contributed by atoms with E-state index >= 15 is 0 Å². The molecular formula is C26H40O2. The van der Waals surface area contributed by atoms with Crippen LogP contribution in [-0.4, -0.2) is 11.1 Å². The van der Waals surface area contributed by atoms with Crippen LogP contribution in [0.5, 0.6) is 0 Å². The molecule has 0 unspecified atom stereocenters. The smallest absolute Gasteiger partial charge is 0.310 e. The van der Waals surface area contributed by atoms with Gasteiger partial charge < -0.3 is 5.11 Å². The van der Waals surface area contributed by atoms with Crippen LogP contribution in [0.1, 0.15) is 96.8 Å². The molecule has 3 atom stereocenters. The number of carbonyl (C=O) groups is 1. The molecule has 1 aromatic rings. The first-order valence-electron chi connectivity index (χ1n) is 11.4. The van der Waals surface area contributed by atoms with Crippen LogP contribution in [0.15, 0.2) is 18.2 Å². The van der Waals surface area contributed by atoms with Crippen LogP contribution in [0.3, 0.4) is 0 Å². The third-order valence-corrected chi connectivity index (χ3v) is 8.22. The van der Waals surface area contributed by atoms with Crippen LogP contribution in [-0.2, 0) is 16.6 Å². The molecule has 2 nitrogen and oxygen atoms in total. The quantitative estimate of drug-likeness (QED) is 0.605. The fourth-order valence-electron chi connectivity index (χ4n) is 7.36. The van der Waals surface area contributed by atoms with E-state index in [1.165, 1.54) is 16.7 Å². The van der Waals surface area contributed by atoms with Gasteiger partial charge in [0, 0.05) is 0 Å². The summed E-state index contributed by atoms with van der Waals surface area (Å²) >= 11 is 0. The summed E-state index contributed by atoms with van der Waals surface area (Å²) in [5.41, 5.74) is 3.68. The molecule has 1 fully saturated rings. The summed E-state index contributed by atoms with van der Waals surface area (Å²) < 4.78 is 0. The van der Waals surface area contributed by atoms with Crippen molar-refractivity contribution in [1.82, 2.24) is 0 Å². The summed E-state index contributed by atoms with van der Waals surface area (Å²) in [5, 5.41) is 10.7. The first kappa shape index (κ1) is 21.4. The average Bonchev–Trinajstić information content (AvgIpc) is 2.60. The minimum Gasteiger partial charge on any atom is -0.481 e. The van der Waals surface area contributed by atoms with Crippen molar-refractivity contribution in [3.8, 4) is 0 Å². The first-order chi connectivity index (χ1) is 13.1. The maximum atomic E-state index is 13.0. The lowest BCUT2D eigenvalue weighted by atomic mass is 9.44. The Balaban J connectivity index is 2.15. The third-order valence-electron chi connectivity index (χ3n) is 8.22. The van der Waals surface area contributed by atoms with Crippen molar-refractivity contribution in [3.05, 3.63) is 34.9 Å². The number of carboxylic acid groups (broad SMARTS) is 1. The van der Waals surface area contributed by atoms with Gasteiger partial charge in [0.25, 0.3) is 0 Å². The Morgan fingerprint density at radius 3 is 2.25 bits per heavy atom. The minimum absolute atomic E-state index is 0.0260. The van der Waals surface area contributed by atoms with Crippen molar-refractivity contribution in [2.24, 2.45) is 29.1 Å². The predicted octanol–water partition coefficient (Wildman–Crippen LogP) is 6.81. The zero-order valence-corrected chi connectivity index (χ0v) is 19.0. The molecule has 3 rings (SSSR count). The molecule has 0 amide bonds. The van der Waals surface area contributed by atoms with Crippen molar-refractivity contribution in [1.29, 1.82) is 0 Å². The van der Waals surface area contributed by atoms with Gasteiger partial charge in [-0.15, -0.1) is 0 Å². The second-order valence-corrected chi connectivity index (χ2v) is 10.8. The van der Waals surface area contributed by atoms with Crippen molar-refractivity contribution >= 4 is 5.97 Å². The van der Waals surface area contributed by atoms with E-state index in [2.05, 4.69) is 66.7 Å². The molecule has 2 aliphatic carbocycles. The van der Waals surface area contributed by atoms with Crippen molar-refractivity contribution in [2.75, 3.05) is 0 Å². The molecule has 156 valence electrons. The summed E-state index contributed by atoms with van der Waals surface area (Å²) in [6.45, 7) is 15.8. The SMILES string of the molecule is CC(C)c1ccc2c(c1)CC[C@@H]1[C@]2(C)CCC[C@@]1(C(=O)O)C(C(C)C)C(C)C. The summed E-state index contributed by atoms with van der Waals surface area (Å²) in [7, 11) is 0. The maximum Gasteiger partial charge on any atom is 0.310 e. The van der Waals surface area contributed by atoms with Gasteiger partial charge in [-0.05, 0) is 77.4 Å². The van der Waals surface area contributed by atoms with Gasteiger partial charge in [0.05, 0.1) is 5.41 Å². The van der Waals surface area contributed by atoms with Gasteiger partial charge in [0.2, 0.25) is 0 Å².